The third kappa shape index (κ3) is 4.68. The van der Waals surface area contributed by atoms with Crippen LogP contribution in [0.25, 0.3) is 0 Å². The SMILES string of the molecule is COC(=O)C1=CN(CCc2ccc(OC)cc2)C=C(C(=O)OC)C1c1cccs1. The van der Waals surface area contributed by atoms with Crippen LogP contribution in [0.5, 0.6) is 5.75 Å². The first-order valence-corrected chi connectivity index (χ1v) is 9.97. The third-order valence-corrected chi connectivity index (χ3v) is 5.66. The summed E-state index contributed by atoms with van der Waals surface area (Å²) in [5.74, 6) is -0.641. The molecule has 1 aliphatic rings. The summed E-state index contributed by atoms with van der Waals surface area (Å²) in [6.45, 7) is 0.588. The van der Waals surface area contributed by atoms with E-state index in [4.69, 9.17) is 14.2 Å². The van der Waals surface area contributed by atoms with Crippen molar-refractivity contribution in [3.05, 3.63) is 75.8 Å². The molecule has 2 heterocycles. The van der Waals surface area contributed by atoms with E-state index in [1.807, 2.05) is 46.7 Å². The number of rotatable bonds is 7. The molecule has 2 aromatic rings. The van der Waals surface area contributed by atoms with Gasteiger partial charge in [-0.05, 0) is 35.6 Å². The Bertz CT molecular complexity index is 881. The number of ether oxygens (including phenoxy) is 3. The number of methoxy groups -OCH3 is 3. The van der Waals surface area contributed by atoms with Gasteiger partial charge in [0.1, 0.15) is 5.75 Å². The van der Waals surface area contributed by atoms with E-state index in [0.29, 0.717) is 17.7 Å². The van der Waals surface area contributed by atoms with Crippen molar-refractivity contribution in [1.82, 2.24) is 4.90 Å². The monoisotopic (exact) mass is 413 g/mol. The molecule has 0 atom stereocenters. The maximum Gasteiger partial charge on any atom is 0.336 e. The highest BCUT2D eigenvalue weighted by atomic mass is 32.1. The highest BCUT2D eigenvalue weighted by Gasteiger charge is 2.35. The maximum absolute atomic E-state index is 12.5. The van der Waals surface area contributed by atoms with E-state index in [9.17, 15) is 9.59 Å². The first kappa shape index (κ1) is 20.7. The van der Waals surface area contributed by atoms with Crippen molar-refractivity contribution in [3.63, 3.8) is 0 Å². The van der Waals surface area contributed by atoms with E-state index in [1.165, 1.54) is 25.6 Å². The molecule has 29 heavy (non-hydrogen) atoms. The molecule has 3 rings (SSSR count). The number of carbonyl (C=O) groups excluding carboxylic acids is 2. The van der Waals surface area contributed by atoms with Gasteiger partial charge in [0.25, 0.3) is 0 Å². The lowest BCUT2D eigenvalue weighted by Gasteiger charge is -2.29. The smallest absolute Gasteiger partial charge is 0.336 e. The fourth-order valence-corrected chi connectivity index (χ4v) is 4.09. The lowest BCUT2D eigenvalue weighted by molar-refractivity contribution is -0.137. The molecular weight excluding hydrogens is 390 g/mol. The van der Waals surface area contributed by atoms with Crippen molar-refractivity contribution < 1.29 is 23.8 Å². The van der Waals surface area contributed by atoms with Crippen LogP contribution in [0.15, 0.2) is 65.3 Å². The van der Waals surface area contributed by atoms with Gasteiger partial charge in [-0.25, -0.2) is 9.59 Å². The molecular formula is C22H23NO5S. The van der Waals surface area contributed by atoms with Gasteiger partial charge in [-0.2, -0.15) is 0 Å². The zero-order valence-electron chi connectivity index (χ0n) is 16.6. The van der Waals surface area contributed by atoms with Crippen molar-refractivity contribution in [1.29, 1.82) is 0 Å². The number of nitrogens with zero attached hydrogens (tertiary/aromatic N) is 1. The number of thiophene rings is 1. The Morgan fingerprint density at radius 1 is 0.966 bits per heavy atom. The molecule has 0 fully saturated rings. The van der Waals surface area contributed by atoms with E-state index in [2.05, 4.69) is 0 Å². The molecule has 0 amide bonds. The molecule has 0 spiro atoms. The number of esters is 2. The van der Waals surface area contributed by atoms with Gasteiger partial charge in [0.2, 0.25) is 0 Å². The summed E-state index contributed by atoms with van der Waals surface area (Å²) in [6.07, 6.45) is 4.24. The van der Waals surface area contributed by atoms with Crippen LogP contribution in [-0.2, 0) is 25.5 Å². The van der Waals surface area contributed by atoms with Crippen LogP contribution in [0.3, 0.4) is 0 Å². The average molecular weight is 413 g/mol. The summed E-state index contributed by atoms with van der Waals surface area (Å²) in [6, 6.07) is 11.6. The molecule has 1 aromatic carbocycles. The third-order valence-electron chi connectivity index (χ3n) is 4.72. The molecule has 0 saturated carbocycles. The standard InChI is InChI=1S/C22H23NO5S/c1-26-16-8-6-15(7-9-16)10-11-23-13-17(21(24)27-2)20(19-5-4-12-29-19)18(14-23)22(25)28-3/h4-9,12-14,20H,10-11H2,1-3H3. The number of carbonyl (C=O) groups is 2. The van der Waals surface area contributed by atoms with Crippen LogP contribution in [0.2, 0.25) is 0 Å². The summed E-state index contributed by atoms with van der Waals surface area (Å²) in [7, 11) is 4.31. The molecule has 152 valence electrons. The molecule has 0 radical (unpaired) electrons. The van der Waals surface area contributed by atoms with Gasteiger partial charge in [-0.15, -0.1) is 11.3 Å². The van der Waals surface area contributed by atoms with Gasteiger partial charge in [0.05, 0.1) is 38.4 Å². The molecule has 1 aromatic heterocycles. The second-order valence-electron chi connectivity index (χ2n) is 6.44. The molecule has 0 unspecified atom stereocenters. The summed E-state index contributed by atoms with van der Waals surface area (Å²) >= 11 is 1.48. The molecule has 7 heteroatoms. The predicted octanol–water partition coefficient (Wildman–Crippen LogP) is 3.51. The van der Waals surface area contributed by atoms with Crippen LogP contribution in [0, 0.1) is 0 Å². The van der Waals surface area contributed by atoms with Crippen molar-refractivity contribution >= 4 is 23.3 Å². The Morgan fingerprint density at radius 3 is 2.07 bits per heavy atom. The molecule has 0 bridgehead atoms. The summed E-state index contributed by atoms with van der Waals surface area (Å²) in [5, 5.41) is 1.91. The van der Waals surface area contributed by atoms with Crippen LogP contribution in [0.1, 0.15) is 16.4 Å². The van der Waals surface area contributed by atoms with Crippen LogP contribution in [0.4, 0.5) is 0 Å². The van der Waals surface area contributed by atoms with Crippen LogP contribution in [-0.4, -0.2) is 44.7 Å². The molecule has 0 saturated heterocycles. The minimum atomic E-state index is -0.507. The van der Waals surface area contributed by atoms with E-state index < -0.39 is 17.9 Å². The van der Waals surface area contributed by atoms with E-state index in [-0.39, 0.29) is 0 Å². The second-order valence-corrected chi connectivity index (χ2v) is 7.42. The Kier molecular flexibility index (Phi) is 6.72. The summed E-state index contributed by atoms with van der Waals surface area (Å²) in [4.78, 5) is 27.7. The Labute approximate surface area is 174 Å². The molecule has 0 aliphatic carbocycles. The fourth-order valence-electron chi connectivity index (χ4n) is 3.23. The lowest BCUT2D eigenvalue weighted by atomic mass is 9.88. The van der Waals surface area contributed by atoms with Crippen molar-refractivity contribution in [2.45, 2.75) is 12.3 Å². The van der Waals surface area contributed by atoms with Crippen LogP contribution < -0.4 is 4.74 Å². The van der Waals surface area contributed by atoms with Gasteiger partial charge in [-0.1, -0.05) is 18.2 Å². The van der Waals surface area contributed by atoms with Crippen molar-refractivity contribution in [3.8, 4) is 5.75 Å². The van der Waals surface area contributed by atoms with Gasteiger partial charge in [0, 0.05) is 23.8 Å². The largest absolute Gasteiger partial charge is 0.497 e. The normalized spacial score (nSPS) is 14.1. The number of hydrogen-bond donors (Lipinski definition) is 0. The van der Waals surface area contributed by atoms with Crippen LogP contribution >= 0.6 is 11.3 Å². The number of hydrogen-bond acceptors (Lipinski definition) is 7. The number of benzene rings is 1. The first-order valence-electron chi connectivity index (χ1n) is 9.09. The van der Waals surface area contributed by atoms with E-state index in [0.717, 1.165) is 22.6 Å². The second kappa shape index (κ2) is 9.43. The molecule has 0 N–H and O–H groups in total. The molecule has 1 aliphatic heterocycles. The van der Waals surface area contributed by atoms with Gasteiger partial charge in [0.15, 0.2) is 0 Å². The zero-order valence-corrected chi connectivity index (χ0v) is 17.4. The highest BCUT2D eigenvalue weighted by molar-refractivity contribution is 7.10. The van der Waals surface area contributed by atoms with Gasteiger partial charge in [-0.3, -0.25) is 0 Å². The van der Waals surface area contributed by atoms with E-state index >= 15 is 0 Å². The first-order chi connectivity index (χ1) is 14.1. The summed E-state index contributed by atoms with van der Waals surface area (Å²) in [5.41, 5.74) is 1.94. The van der Waals surface area contributed by atoms with Crippen molar-refractivity contribution in [2.75, 3.05) is 27.9 Å². The fraction of sp³-hybridized carbons (Fsp3) is 0.273. The predicted molar refractivity (Wildman–Crippen MR) is 111 cm³/mol. The summed E-state index contributed by atoms with van der Waals surface area (Å²) < 4.78 is 15.2. The van der Waals surface area contributed by atoms with Gasteiger partial charge >= 0.3 is 11.9 Å². The minimum absolute atomic E-state index is 0.410. The van der Waals surface area contributed by atoms with Gasteiger partial charge < -0.3 is 19.1 Å². The highest BCUT2D eigenvalue weighted by Crippen LogP contribution is 2.39. The molecule has 6 nitrogen and oxygen atoms in total. The van der Waals surface area contributed by atoms with Crippen molar-refractivity contribution in [2.24, 2.45) is 0 Å². The zero-order chi connectivity index (χ0) is 20.8. The minimum Gasteiger partial charge on any atom is -0.497 e. The maximum atomic E-state index is 12.5. The average Bonchev–Trinajstić information content (AvgIpc) is 3.30. The Hall–Kier alpha value is -3.06. The van der Waals surface area contributed by atoms with E-state index in [1.54, 1.807) is 19.5 Å². The quantitative estimate of drug-likeness (QED) is 0.647. The topological polar surface area (TPSA) is 65.1 Å². The Morgan fingerprint density at radius 2 is 1.59 bits per heavy atom. The lowest BCUT2D eigenvalue weighted by Crippen LogP contribution is -2.29. The Balaban J connectivity index is 1.89.